The normalized spacial score (nSPS) is 32.2. The van der Waals surface area contributed by atoms with Gasteiger partial charge in [-0.1, -0.05) is 45.4 Å². The third-order valence-corrected chi connectivity index (χ3v) is 17.2. The van der Waals surface area contributed by atoms with Gasteiger partial charge in [-0.05, 0) is 75.2 Å². The Balaban J connectivity index is 1.75. The van der Waals surface area contributed by atoms with Crippen LogP contribution in [0.3, 0.4) is 0 Å². The van der Waals surface area contributed by atoms with Gasteiger partial charge in [0.05, 0.1) is 16.4 Å². The molecule has 1 aromatic rings. The van der Waals surface area contributed by atoms with Crippen LogP contribution >= 0.6 is 0 Å². The predicted molar refractivity (Wildman–Crippen MR) is 155 cm³/mol. The molecule has 1 heterocycles. The molecule has 5 atom stereocenters. The van der Waals surface area contributed by atoms with E-state index in [1.807, 2.05) is 19.1 Å². The standard InChI is InChI=1S/C30H49NO6SSi/c1-22-11-13-24(14-12-22)38(33,34)31-20-23(17-19-37-39(7,8)28(2,3)4)29(5)25(31)15-16-27(36-21-35-6)30(29)18-9-10-26(30)32/h11-14,23,25,27H,9-10,15-21H2,1-8H3/t23-,25-,27+,29-,30+/m0/s1. The van der Waals surface area contributed by atoms with Crippen LogP contribution in [0.5, 0.6) is 0 Å². The molecule has 0 radical (unpaired) electrons. The number of hydrogen-bond donors (Lipinski definition) is 0. The summed E-state index contributed by atoms with van der Waals surface area (Å²) in [5.41, 5.74) is -0.272. The summed E-state index contributed by atoms with van der Waals surface area (Å²) >= 11 is 0. The van der Waals surface area contributed by atoms with Crippen LogP contribution in [0.15, 0.2) is 29.2 Å². The summed E-state index contributed by atoms with van der Waals surface area (Å²) in [5.74, 6) is 0.198. The molecule has 0 unspecified atom stereocenters. The first-order valence-electron chi connectivity index (χ1n) is 14.5. The Bertz CT molecular complexity index is 1150. The van der Waals surface area contributed by atoms with Gasteiger partial charge in [0.25, 0.3) is 0 Å². The lowest BCUT2D eigenvalue weighted by Crippen LogP contribution is -2.63. The number of hydrogen-bond acceptors (Lipinski definition) is 6. The lowest BCUT2D eigenvalue weighted by atomic mass is 9.49. The Morgan fingerprint density at radius 1 is 1.13 bits per heavy atom. The van der Waals surface area contributed by atoms with Crippen LogP contribution < -0.4 is 0 Å². The molecule has 4 rings (SSSR count). The summed E-state index contributed by atoms with van der Waals surface area (Å²) in [6.45, 7) is 16.4. The van der Waals surface area contributed by atoms with Crippen LogP contribution in [0.4, 0.5) is 0 Å². The second-order valence-corrected chi connectivity index (χ2v) is 20.4. The maximum Gasteiger partial charge on any atom is 0.243 e. The Hall–Kier alpha value is -1.10. The molecule has 0 bridgehead atoms. The van der Waals surface area contributed by atoms with E-state index < -0.39 is 29.2 Å². The molecule has 7 nitrogen and oxygen atoms in total. The number of carbonyl (C=O) groups excluding carboxylic acids is 1. The first kappa shape index (κ1) is 30.8. The van der Waals surface area contributed by atoms with E-state index in [1.165, 1.54) is 0 Å². The minimum atomic E-state index is -3.75. The average molecular weight is 580 g/mol. The smallest absolute Gasteiger partial charge is 0.243 e. The number of ketones is 1. The van der Waals surface area contributed by atoms with Crippen molar-refractivity contribution in [3.63, 3.8) is 0 Å². The minimum absolute atomic E-state index is 0.0245. The highest BCUT2D eigenvalue weighted by Crippen LogP contribution is 2.66. The summed E-state index contributed by atoms with van der Waals surface area (Å²) in [7, 11) is -4.13. The third kappa shape index (κ3) is 5.10. The lowest BCUT2D eigenvalue weighted by molar-refractivity contribution is -0.191. The molecular weight excluding hydrogens is 530 g/mol. The minimum Gasteiger partial charge on any atom is -0.417 e. The second-order valence-electron chi connectivity index (χ2n) is 13.7. The van der Waals surface area contributed by atoms with Crippen molar-refractivity contribution in [2.75, 3.05) is 27.1 Å². The number of benzene rings is 1. The molecule has 3 aliphatic rings. The van der Waals surface area contributed by atoms with Gasteiger partial charge in [0.1, 0.15) is 12.6 Å². The number of aryl methyl sites for hydroxylation is 1. The Kier molecular flexibility index (Phi) is 8.66. The lowest BCUT2D eigenvalue weighted by Gasteiger charge is -2.57. The molecule has 0 N–H and O–H groups in total. The van der Waals surface area contributed by atoms with E-state index in [2.05, 4.69) is 40.8 Å². The number of fused-ring (bicyclic) bond motifs is 2. The highest BCUT2D eigenvalue weighted by molar-refractivity contribution is 7.89. The zero-order valence-electron chi connectivity index (χ0n) is 25.2. The number of ether oxygens (including phenoxy) is 2. The Morgan fingerprint density at radius 3 is 2.36 bits per heavy atom. The fraction of sp³-hybridized carbons (Fsp3) is 0.767. The number of carbonyl (C=O) groups is 1. The first-order valence-corrected chi connectivity index (χ1v) is 18.8. The van der Waals surface area contributed by atoms with E-state index in [0.717, 1.165) is 18.4 Å². The van der Waals surface area contributed by atoms with E-state index in [1.54, 1.807) is 23.5 Å². The van der Waals surface area contributed by atoms with Crippen molar-refractivity contribution in [3.8, 4) is 0 Å². The molecule has 1 aliphatic heterocycles. The summed E-state index contributed by atoms with van der Waals surface area (Å²) in [6.07, 6.45) is 3.79. The molecule has 0 aromatic heterocycles. The van der Waals surface area contributed by atoms with E-state index >= 15 is 0 Å². The summed E-state index contributed by atoms with van der Waals surface area (Å²) < 4.78 is 48.2. The number of nitrogens with zero attached hydrogens (tertiary/aromatic N) is 1. The quantitative estimate of drug-likeness (QED) is 0.267. The maximum absolute atomic E-state index is 14.2. The molecule has 3 fully saturated rings. The summed E-state index contributed by atoms with van der Waals surface area (Å²) in [6, 6.07) is 6.85. The van der Waals surface area contributed by atoms with Crippen LogP contribution in [0, 0.1) is 23.7 Å². The van der Waals surface area contributed by atoms with Gasteiger partial charge < -0.3 is 13.9 Å². The number of Topliss-reactive ketones (excluding diaryl/α,β-unsaturated/α-hetero) is 1. The highest BCUT2D eigenvalue weighted by Gasteiger charge is 2.71. The van der Waals surface area contributed by atoms with Crippen molar-refractivity contribution >= 4 is 24.1 Å². The van der Waals surface area contributed by atoms with Crippen molar-refractivity contribution in [1.29, 1.82) is 0 Å². The molecular formula is C30H49NO6SSi. The summed E-state index contributed by atoms with van der Waals surface area (Å²) in [5, 5.41) is 0.0858. The molecule has 2 saturated carbocycles. The van der Waals surface area contributed by atoms with Crippen molar-refractivity contribution < 1.29 is 27.1 Å². The molecule has 9 heteroatoms. The zero-order valence-corrected chi connectivity index (χ0v) is 27.0. The first-order chi connectivity index (χ1) is 18.1. The van der Waals surface area contributed by atoms with Gasteiger partial charge >= 0.3 is 0 Å². The van der Waals surface area contributed by atoms with Crippen LogP contribution in [-0.4, -0.2) is 66.0 Å². The fourth-order valence-corrected chi connectivity index (χ4v) is 10.3. The van der Waals surface area contributed by atoms with Crippen LogP contribution in [0.25, 0.3) is 0 Å². The molecule has 2 aliphatic carbocycles. The highest BCUT2D eigenvalue weighted by atomic mass is 32.2. The van der Waals surface area contributed by atoms with E-state index in [4.69, 9.17) is 13.9 Å². The Morgan fingerprint density at radius 2 is 1.79 bits per heavy atom. The predicted octanol–water partition coefficient (Wildman–Crippen LogP) is 5.92. The zero-order chi connectivity index (χ0) is 28.9. The Labute approximate surface area is 237 Å². The molecule has 1 saturated heterocycles. The molecule has 39 heavy (non-hydrogen) atoms. The van der Waals surface area contributed by atoms with Crippen LogP contribution in [0.2, 0.25) is 18.1 Å². The van der Waals surface area contributed by atoms with Crippen molar-refractivity contribution in [2.24, 2.45) is 16.7 Å². The third-order valence-electron chi connectivity index (χ3n) is 10.7. The number of methoxy groups -OCH3 is 1. The van der Waals surface area contributed by atoms with Crippen molar-refractivity contribution in [3.05, 3.63) is 29.8 Å². The van der Waals surface area contributed by atoms with Gasteiger partial charge in [-0.3, -0.25) is 4.79 Å². The average Bonchev–Trinajstić information content (AvgIpc) is 3.38. The summed E-state index contributed by atoms with van der Waals surface area (Å²) in [4.78, 5) is 14.3. The van der Waals surface area contributed by atoms with E-state index in [-0.39, 0.29) is 35.7 Å². The van der Waals surface area contributed by atoms with Crippen LogP contribution in [-0.2, 0) is 28.7 Å². The van der Waals surface area contributed by atoms with Gasteiger partial charge in [-0.15, -0.1) is 0 Å². The monoisotopic (exact) mass is 579 g/mol. The fourth-order valence-electron chi connectivity index (χ4n) is 7.46. The van der Waals surface area contributed by atoms with Crippen molar-refractivity contribution in [2.45, 2.75) is 108 Å². The van der Waals surface area contributed by atoms with Gasteiger partial charge in [-0.25, -0.2) is 8.42 Å². The number of sulfonamides is 1. The van der Waals surface area contributed by atoms with Gasteiger partial charge in [0.15, 0.2) is 8.32 Å². The van der Waals surface area contributed by atoms with E-state index in [0.29, 0.717) is 43.7 Å². The molecule has 1 aromatic carbocycles. The largest absolute Gasteiger partial charge is 0.417 e. The maximum atomic E-state index is 14.2. The van der Waals surface area contributed by atoms with Gasteiger partial charge in [0.2, 0.25) is 10.0 Å². The van der Waals surface area contributed by atoms with Crippen LogP contribution in [0.1, 0.15) is 71.8 Å². The van der Waals surface area contributed by atoms with Gasteiger partial charge in [-0.2, -0.15) is 4.31 Å². The van der Waals surface area contributed by atoms with Crippen molar-refractivity contribution in [1.82, 2.24) is 4.31 Å². The SMILES string of the molecule is COCO[C@@H]1CC[C@@H]2N(S(=O)(=O)c3ccc(C)cc3)C[C@H](CCO[Si](C)(C)C(C)(C)C)[C@]2(C)[C@@]12CCCC2=O. The van der Waals surface area contributed by atoms with E-state index in [9.17, 15) is 13.2 Å². The topological polar surface area (TPSA) is 82.1 Å². The number of rotatable bonds is 9. The molecule has 0 amide bonds. The molecule has 1 spiro atoms. The van der Waals surface area contributed by atoms with Gasteiger partial charge in [0, 0.05) is 38.1 Å². The second kappa shape index (κ2) is 10.9. The molecule has 220 valence electrons.